The lowest BCUT2D eigenvalue weighted by Crippen LogP contribution is -2.39. The number of benzene rings is 3. The summed E-state index contributed by atoms with van der Waals surface area (Å²) in [7, 11) is 0. The van der Waals surface area contributed by atoms with E-state index in [1.807, 2.05) is 36.4 Å². The fourth-order valence-electron chi connectivity index (χ4n) is 3.10. The summed E-state index contributed by atoms with van der Waals surface area (Å²) in [4.78, 5) is 36.3. The third-order valence-electron chi connectivity index (χ3n) is 4.49. The molecule has 3 aromatic carbocycles. The van der Waals surface area contributed by atoms with Crippen LogP contribution >= 0.6 is 0 Å². The minimum absolute atomic E-state index is 0.290. The Morgan fingerprint density at radius 1 is 1.00 bits per heavy atom. The summed E-state index contributed by atoms with van der Waals surface area (Å²) in [5.41, 5.74) is 1.19. The summed E-state index contributed by atoms with van der Waals surface area (Å²) >= 11 is 0. The number of carbonyl (C=O) groups excluding carboxylic acids is 3. The monoisotopic (exact) mass is 390 g/mol. The summed E-state index contributed by atoms with van der Waals surface area (Å²) in [6.07, 6.45) is -1.29. The van der Waals surface area contributed by atoms with E-state index in [0.29, 0.717) is 17.1 Å². The van der Waals surface area contributed by atoms with Gasteiger partial charge in [0.1, 0.15) is 5.75 Å². The van der Waals surface area contributed by atoms with E-state index < -0.39 is 30.5 Å². The van der Waals surface area contributed by atoms with Crippen molar-refractivity contribution < 1.29 is 23.9 Å². The summed E-state index contributed by atoms with van der Waals surface area (Å²) in [5, 5.41) is 7.30. The van der Waals surface area contributed by atoms with E-state index in [1.54, 1.807) is 30.3 Å². The first-order chi connectivity index (χ1) is 14.1. The van der Waals surface area contributed by atoms with Gasteiger partial charge in [-0.05, 0) is 23.6 Å². The minimum Gasteiger partial charge on any atom is -0.478 e. The van der Waals surface area contributed by atoms with E-state index in [1.165, 1.54) is 0 Å². The number of hydrogen-bond acceptors (Lipinski definition) is 5. The molecule has 2 amide bonds. The van der Waals surface area contributed by atoms with Gasteiger partial charge in [-0.1, -0.05) is 48.5 Å². The van der Waals surface area contributed by atoms with E-state index in [0.717, 1.165) is 10.8 Å². The molecular weight excluding hydrogens is 372 g/mol. The van der Waals surface area contributed by atoms with Crippen molar-refractivity contribution in [1.29, 1.82) is 0 Å². The molecule has 0 aromatic heterocycles. The molecular formula is C22H18N2O5. The van der Waals surface area contributed by atoms with E-state index in [4.69, 9.17) is 9.47 Å². The van der Waals surface area contributed by atoms with E-state index in [-0.39, 0.29) is 6.42 Å². The quantitative estimate of drug-likeness (QED) is 0.653. The van der Waals surface area contributed by atoms with Crippen LogP contribution < -0.4 is 15.4 Å². The van der Waals surface area contributed by atoms with Crippen molar-refractivity contribution in [3.63, 3.8) is 0 Å². The van der Waals surface area contributed by atoms with Gasteiger partial charge in [-0.3, -0.25) is 14.4 Å². The van der Waals surface area contributed by atoms with Crippen LogP contribution in [0, 0.1) is 0 Å². The number of esters is 1. The van der Waals surface area contributed by atoms with Gasteiger partial charge in [-0.15, -0.1) is 0 Å². The molecule has 2 N–H and O–H groups in total. The second-order valence-electron chi connectivity index (χ2n) is 6.53. The van der Waals surface area contributed by atoms with Crippen LogP contribution in [0.5, 0.6) is 5.75 Å². The van der Waals surface area contributed by atoms with Crippen molar-refractivity contribution in [2.75, 3.05) is 17.2 Å². The first kappa shape index (κ1) is 18.5. The standard InChI is InChI=1S/C22H18N2O5/c25-20(23-16-10-5-7-14-6-1-2-8-15(14)16)13-28-21(26)12-19-22(27)24-17-9-3-4-11-18(17)29-19/h1-11,19H,12-13H2,(H,23,25)(H,24,27). The highest BCUT2D eigenvalue weighted by molar-refractivity contribution is 6.03. The van der Waals surface area contributed by atoms with Crippen molar-refractivity contribution in [2.45, 2.75) is 12.5 Å². The Kier molecular flexibility index (Phi) is 5.11. The smallest absolute Gasteiger partial charge is 0.310 e. The van der Waals surface area contributed by atoms with Gasteiger partial charge in [0.2, 0.25) is 0 Å². The van der Waals surface area contributed by atoms with Gasteiger partial charge in [0, 0.05) is 11.1 Å². The molecule has 1 unspecified atom stereocenters. The topological polar surface area (TPSA) is 93.7 Å². The summed E-state index contributed by atoms with van der Waals surface area (Å²) < 4.78 is 10.6. The Hall–Kier alpha value is -3.87. The Bertz CT molecular complexity index is 1090. The molecule has 1 aliphatic heterocycles. The Morgan fingerprint density at radius 2 is 1.76 bits per heavy atom. The molecule has 0 saturated heterocycles. The molecule has 4 rings (SSSR count). The lowest BCUT2D eigenvalue weighted by molar-refractivity contribution is -0.150. The third kappa shape index (κ3) is 4.19. The molecule has 146 valence electrons. The molecule has 7 heteroatoms. The van der Waals surface area contributed by atoms with Crippen LogP contribution in [0.4, 0.5) is 11.4 Å². The molecule has 0 aliphatic carbocycles. The Morgan fingerprint density at radius 3 is 2.66 bits per heavy atom. The van der Waals surface area contributed by atoms with Crippen molar-refractivity contribution in [1.82, 2.24) is 0 Å². The first-order valence-corrected chi connectivity index (χ1v) is 9.10. The summed E-state index contributed by atoms with van der Waals surface area (Å²) in [6, 6.07) is 20.1. The molecule has 0 radical (unpaired) electrons. The lowest BCUT2D eigenvalue weighted by atomic mass is 10.1. The zero-order valence-electron chi connectivity index (χ0n) is 15.4. The fraction of sp³-hybridized carbons (Fsp3) is 0.136. The van der Waals surface area contributed by atoms with Crippen LogP contribution in [0.15, 0.2) is 66.7 Å². The zero-order chi connectivity index (χ0) is 20.2. The number of rotatable bonds is 5. The van der Waals surface area contributed by atoms with Crippen LogP contribution in [-0.4, -0.2) is 30.5 Å². The summed E-state index contributed by atoms with van der Waals surface area (Å²) in [5.74, 6) is -1.11. The molecule has 0 fully saturated rings. The largest absolute Gasteiger partial charge is 0.478 e. The van der Waals surface area contributed by atoms with Gasteiger partial charge in [0.15, 0.2) is 12.7 Å². The van der Waals surface area contributed by atoms with Crippen LogP contribution in [0.1, 0.15) is 6.42 Å². The highest BCUT2D eigenvalue weighted by Crippen LogP contribution is 2.29. The average Bonchev–Trinajstić information content (AvgIpc) is 2.73. The number of hydrogen-bond donors (Lipinski definition) is 2. The van der Waals surface area contributed by atoms with E-state index in [2.05, 4.69) is 10.6 Å². The molecule has 1 heterocycles. The number of ether oxygens (including phenoxy) is 2. The van der Waals surface area contributed by atoms with Gasteiger partial charge in [0.05, 0.1) is 12.1 Å². The van der Waals surface area contributed by atoms with Gasteiger partial charge in [0.25, 0.3) is 11.8 Å². The highest BCUT2D eigenvalue weighted by atomic mass is 16.5. The number of fused-ring (bicyclic) bond motifs is 2. The Balaban J connectivity index is 1.31. The minimum atomic E-state index is -1.00. The maximum absolute atomic E-state index is 12.2. The number of para-hydroxylation sites is 2. The van der Waals surface area contributed by atoms with E-state index >= 15 is 0 Å². The van der Waals surface area contributed by atoms with Crippen LogP contribution in [0.25, 0.3) is 10.8 Å². The zero-order valence-corrected chi connectivity index (χ0v) is 15.4. The Labute approximate surface area is 166 Å². The number of nitrogens with one attached hydrogen (secondary N) is 2. The predicted octanol–water partition coefficient (Wildman–Crippen LogP) is 3.11. The SMILES string of the molecule is O=C(COC(=O)CC1Oc2ccccc2NC1=O)Nc1cccc2ccccc12. The molecule has 29 heavy (non-hydrogen) atoms. The first-order valence-electron chi connectivity index (χ1n) is 9.10. The van der Waals surface area contributed by atoms with Crippen molar-refractivity contribution in [3.05, 3.63) is 66.7 Å². The molecule has 0 spiro atoms. The predicted molar refractivity (Wildman–Crippen MR) is 108 cm³/mol. The lowest BCUT2D eigenvalue weighted by Gasteiger charge is -2.25. The maximum atomic E-state index is 12.2. The second kappa shape index (κ2) is 8.02. The van der Waals surface area contributed by atoms with Gasteiger partial charge in [-0.25, -0.2) is 0 Å². The fourth-order valence-corrected chi connectivity index (χ4v) is 3.10. The molecule has 7 nitrogen and oxygen atoms in total. The van der Waals surface area contributed by atoms with Crippen LogP contribution in [0.2, 0.25) is 0 Å². The van der Waals surface area contributed by atoms with Gasteiger partial charge < -0.3 is 20.1 Å². The van der Waals surface area contributed by atoms with Crippen molar-refractivity contribution >= 4 is 39.9 Å². The third-order valence-corrected chi connectivity index (χ3v) is 4.49. The second-order valence-corrected chi connectivity index (χ2v) is 6.53. The molecule has 0 saturated carbocycles. The average molecular weight is 390 g/mol. The number of carbonyl (C=O) groups is 3. The van der Waals surface area contributed by atoms with Crippen LogP contribution in [0.3, 0.4) is 0 Å². The van der Waals surface area contributed by atoms with E-state index in [9.17, 15) is 14.4 Å². The normalized spacial score (nSPS) is 15.0. The molecule has 1 atom stereocenters. The van der Waals surface area contributed by atoms with Gasteiger partial charge >= 0.3 is 5.97 Å². The van der Waals surface area contributed by atoms with Crippen molar-refractivity contribution in [3.8, 4) is 5.75 Å². The highest BCUT2D eigenvalue weighted by Gasteiger charge is 2.30. The van der Waals surface area contributed by atoms with Gasteiger partial charge in [-0.2, -0.15) is 0 Å². The maximum Gasteiger partial charge on any atom is 0.310 e. The van der Waals surface area contributed by atoms with Crippen molar-refractivity contribution in [2.24, 2.45) is 0 Å². The molecule has 1 aliphatic rings. The number of anilines is 2. The summed E-state index contributed by atoms with van der Waals surface area (Å²) in [6.45, 7) is -0.451. The molecule has 3 aromatic rings. The number of amides is 2. The molecule has 0 bridgehead atoms. The van der Waals surface area contributed by atoms with Crippen LogP contribution in [-0.2, 0) is 19.1 Å².